The normalized spacial score (nSPS) is 16.7. The number of amides is 1. The number of aryl methyl sites for hydroxylation is 2. The molecule has 0 saturated carbocycles. The number of aromatic nitrogens is 2. The molecular weight excluding hydrogens is 448 g/mol. The first-order valence-corrected chi connectivity index (χ1v) is 13.4. The Hall–Kier alpha value is -2.97. The van der Waals surface area contributed by atoms with E-state index in [4.69, 9.17) is 0 Å². The molecule has 0 radical (unpaired) electrons. The Bertz CT molecular complexity index is 1310. The minimum Gasteiger partial charge on any atom is -0.328 e. The lowest BCUT2D eigenvalue weighted by molar-refractivity contribution is 0.102. The summed E-state index contributed by atoms with van der Waals surface area (Å²) in [6, 6.07) is 12.5. The van der Waals surface area contributed by atoms with Crippen LogP contribution in [0.2, 0.25) is 0 Å². The van der Waals surface area contributed by atoms with Gasteiger partial charge in [0.2, 0.25) is 10.0 Å². The minimum atomic E-state index is -3.62. The Morgan fingerprint density at radius 3 is 2.44 bits per heavy atom. The fraction of sp³-hybridized carbons (Fsp3) is 0.385. The van der Waals surface area contributed by atoms with Crippen LogP contribution >= 0.6 is 0 Å². The zero-order chi connectivity index (χ0) is 23.7. The average molecular weight is 479 g/mol. The van der Waals surface area contributed by atoms with Gasteiger partial charge in [-0.1, -0.05) is 12.5 Å². The molecule has 0 spiro atoms. The Labute approximate surface area is 200 Å². The highest BCUT2D eigenvalue weighted by Crippen LogP contribution is 2.27. The van der Waals surface area contributed by atoms with Crippen molar-refractivity contribution in [1.29, 1.82) is 0 Å². The van der Waals surface area contributed by atoms with E-state index < -0.39 is 10.0 Å². The number of hydrogen-bond acceptors (Lipinski definition) is 4. The van der Waals surface area contributed by atoms with Crippen molar-refractivity contribution >= 4 is 21.6 Å². The van der Waals surface area contributed by atoms with Crippen molar-refractivity contribution in [3.63, 3.8) is 0 Å². The van der Waals surface area contributed by atoms with Crippen LogP contribution in [-0.4, -0.2) is 41.3 Å². The molecule has 3 aromatic rings. The van der Waals surface area contributed by atoms with Crippen LogP contribution in [0.15, 0.2) is 53.6 Å². The van der Waals surface area contributed by atoms with E-state index in [2.05, 4.69) is 14.9 Å². The molecule has 0 bridgehead atoms. The third-order valence-corrected chi connectivity index (χ3v) is 8.83. The van der Waals surface area contributed by atoms with Gasteiger partial charge in [0.15, 0.2) is 0 Å². The second-order valence-electron chi connectivity index (χ2n) is 9.16. The molecule has 3 heterocycles. The number of imidazole rings is 1. The van der Waals surface area contributed by atoms with Gasteiger partial charge in [-0.05, 0) is 81.0 Å². The number of benzene rings is 2. The fourth-order valence-corrected chi connectivity index (χ4v) is 6.60. The Balaban J connectivity index is 1.34. The maximum atomic E-state index is 13.2. The van der Waals surface area contributed by atoms with E-state index in [0.717, 1.165) is 50.0 Å². The molecule has 5 rings (SSSR count). The van der Waals surface area contributed by atoms with Gasteiger partial charge in [-0.15, -0.1) is 0 Å². The minimum absolute atomic E-state index is 0.210. The van der Waals surface area contributed by atoms with Crippen LogP contribution in [0, 0.1) is 6.92 Å². The average Bonchev–Trinajstić information content (AvgIpc) is 3.29. The molecule has 0 atom stereocenters. The van der Waals surface area contributed by atoms with Crippen molar-refractivity contribution in [3.8, 4) is 11.4 Å². The maximum Gasteiger partial charge on any atom is 0.255 e. The highest BCUT2D eigenvalue weighted by Gasteiger charge is 2.28. The first kappa shape index (κ1) is 22.8. The van der Waals surface area contributed by atoms with Crippen molar-refractivity contribution in [2.24, 2.45) is 0 Å². The number of fused-ring (bicyclic) bond motifs is 1. The second kappa shape index (κ2) is 9.35. The molecule has 2 aliphatic heterocycles. The topological polar surface area (TPSA) is 84.3 Å². The van der Waals surface area contributed by atoms with Crippen LogP contribution in [0.3, 0.4) is 0 Å². The number of nitrogens with zero attached hydrogens (tertiary/aromatic N) is 3. The highest BCUT2D eigenvalue weighted by molar-refractivity contribution is 7.89. The molecule has 34 heavy (non-hydrogen) atoms. The standard InChI is InChI=1S/C26H30N4O3S/c1-19-8-9-21(17-24(19)34(32,33)29-14-4-2-5-15-29)26(31)28-22-12-10-20(11-13-22)25-27-18-23-7-3-6-16-30(23)25/h8-13,17-18H,2-7,14-16H2,1H3,(H,28,31). The smallest absolute Gasteiger partial charge is 0.255 e. The first-order chi connectivity index (χ1) is 16.4. The van der Waals surface area contributed by atoms with E-state index in [1.807, 2.05) is 30.5 Å². The summed E-state index contributed by atoms with van der Waals surface area (Å²) in [6.45, 7) is 3.82. The third-order valence-electron chi connectivity index (χ3n) is 6.79. The largest absolute Gasteiger partial charge is 0.328 e. The van der Waals surface area contributed by atoms with Gasteiger partial charge < -0.3 is 9.88 Å². The number of sulfonamides is 1. The zero-order valence-electron chi connectivity index (χ0n) is 19.5. The summed E-state index contributed by atoms with van der Waals surface area (Å²) in [6.07, 6.45) is 8.18. The molecule has 1 fully saturated rings. The van der Waals surface area contributed by atoms with E-state index in [1.165, 1.54) is 22.5 Å². The lowest BCUT2D eigenvalue weighted by Crippen LogP contribution is -2.36. The predicted octanol–water partition coefficient (Wildman–Crippen LogP) is 4.62. The van der Waals surface area contributed by atoms with E-state index >= 15 is 0 Å². The van der Waals surface area contributed by atoms with Crippen LogP contribution < -0.4 is 5.32 Å². The van der Waals surface area contributed by atoms with Crippen molar-refractivity contribution in [2.75, 3.05) is 18.4 Å². The van der Waals surface area contributed by atoms with Crippen LogP contribution in [0.1, 0.15) is 53.7 Å². The second-order valence-corrected chi connectivity index (χ2v) is 11.1. The van der Waals surface area contributed by atoms with Crippen molar-refractivity contribution in [1.82, 2.24) is 13.9 Å². The molecule has 0 aliphatic carbocycles. The van der Waals surface area contributed by atoms with E-state index in [0.29, 0.717) is 29.9 Å². The lowest BCUT2D eigenvalue weighted by Gasteiger charge is -2.26. The van der Waals surface area contributed by atoms with Gasteiger partial charge in [-0.2, -0.15) is 4.31 Å². The monoisotopic (exact) mass is 478 g/mol. The molecule has 7 nitrogen and oxygen atoms in total. The maximum absolute atomic E-state index is 13.2. The molecule has 1 saturated heterocycles. The molecular formula is C26H30N4O3S. The molecule has 0 unspecified atom stereocenters. The number of carbonyl (C=O) groups is 1. The molecule has 8 heteroatoms. The van der Waals surface area contributed by atoms with Crippen molar-refractivity contribution in [2.45, 2.75) is 56.9 Å². The van der Waals surface area contributed by atoms with Gasteiger partial charge in [0.25, 0.3) is 5.91 Å². The Morgan fingerprint density at radius 2 is 1.68 bits per heavy atom. The van der Waals surface area contributed by atoms with Gasteiger partial charge in [-0.3, -0.25) is 4.79 Å². The van der Waals surface area contributed by atoms with E-state index in [1.54, 1.807) is 19.1 Å². The number of nitrogens with one attached hydrogen (secondary N) is 1. The van der Waals surface area contributed by atoms with E-state index in [-0.39, 0.29) is 10.8 Å². The van der Waals surface area contributed by atoms with Gasteiger partial charge >= 0.3 is 0 Å². The van der Waals surface area contributed by atoms with Crippen molar-refractivity contribution < 1.29 is 13.2 Å². The summed E-state index contributed by atoms with van der Waals surface area (Å²) in [5, 5.41) is 2.90. The fourth-order valence-electron chi connectivity index (χ4n) is 4.84. The molecule has 2 aliphatic rings. The van der Waals surface area contributed by atoms with Gasteiger partial charge in [0.1, 0.15) is 5.82 Å². The molecule has 178 valence electrons. The number of rotatable bonds is 5. The summed E-state index contributed by atoms with van der Waals surface area (Å²) in [5.74, 6) is 0.625. The Morgan fingerprint density at radius 1 is 0.941 bits per heavy atom. The summed E-state index contributed by atoms with van der Waals surface area (Å²) in [4.78, 5) is 17.8. The van der Waals surface area contributed by atoms with Gasteiger partial charge in [0.05, 0.1) is 4.90 Å². The summed E-state index contributed by atoms with van der Waals surface area (Å²) in [7, 11) is -3.62. The van der Waals surface area contributed by atoms with Crippen LogP contribution in [0.4, 0.5) is 5.69 Å². The quantitative estimate of drug-likeness (QED) is 0.580. The molecule has 1 aromatic heterocycles. The summed E-state index contributed by atoms with van der Waals surface area (Å²) >= 11 is 0. The Kier molecular flexibility index (Phi) is 6.27. The van der Waals surface area contributed by atoms with Crippen LogP contribution in [-0.2, 0) is 23.0 Å². The van der Waals surface area contributed by atoms with Crippen molar-refractivity contribution in [3.05, 3.63) is 65.5 Å². The zero-order valence-corrected chi connectivity index (χ0v) is 20.3. The number of anilines is 1. The third kappa shape index (κ3) is 4.40. The lowest BCUT2D eigenvalue weighted by atomic mass is 10.1. The predicted molar refractivity (Wildman–Crippen MR) is 132 cm³/mol. The molecule has 1 N–H and O–H groups in total. The number of piperidine rings is 1. The van der Waals surface area contributed by atoms with E-state index in [9.17, 15) is 13.2 Å². The summed E-state index contributed by atoms with van der Waals surface area (Å²) in [5.41, 5.74) is 3.91. The van der Waals surface area contributed by atoms with Crippen LogP contribution in [0.5, 0.6) is 0 Å². The van der Waals surface area contributed by atoms with Gasteiger partial charge in [-0.25, -0.2) is 13.4 Å². The molecule has 2 aromatic carbocycles. The SMILES string of the molecule is Cc1ccc(C(=O)Nc2ccc(-c3ncc4n3CCCC4)cc2)cc1S(=O)(=O)N1CCCCC1. The van der Waals surface area contributed by atoms with Gasteiger partial charge in [0, 0.05) is 48.3 Å². The number of carbonyl (C=O) groups excluding carboxylic acids is 1. The number of hydrogen-bond donors (Lipinski definition) is 1. The highest BCUT2D eigenvalue weighted by atomic mass is 32.2. The summed E-state index contributed by atoms with van der Waals surface area (Å²) < 4.78 is 30.2. The molecule has 1 amide bonds. The first-order valence-electron chi connectivity index (χ1n) is 12.0. The van der Waals surface area contributed by atoms with Crippen LogP contribution in [0.25, 0.3) is 11.4 Å².